The van der Waals surface area contributed by atoms with E-state index in [1.165, 1.54) is 36.4 Å². The molecule has 7 aromatic rings. The number of sulfone groups is 2. The first-order chi connectivity index (χ1) is 26.0. The summed E-state index contributed by atoms with van der Waals surface area (Å²) < 4.78 is 79.8. The fourth-order valence-corrected chi connectivity index (χ4v) is 8.82. The summed E-state index contributed by atoms with van der Waals surface area (Å²) in [6.07, 6.45) is 0. The zero-order chi connectivity index (χ0) is 37.7. The van der Waals surface area contributed by atoms with Crippen molar-refractivity contribution >= 4 is 51.5 Å². The molecule has 0 radical (unpaired) electrons. The minimum atomic E-state index is -3.91. The zero-order valence-corrected chi connectivity index (χ0v) is 32.8. The fourth-order valence-electron chi connectivity index (χ4n) is 5.30. The summed E-state index contributed by atoms with van der Waals surface area (Å²) >= 11 is 6.81. The largest absolute Gasteiger partial charge is 0.457 e. The van der Waals surface area contributed by atoms with Crippen molar-refractivity contribution in [2.24, 2.45) is 0 Å². The standard InChI is InChI=1S/C42H28Br2O8S2/c43-29-7-5-9-35(27-29)51-39-11-1-3-13-41(39)53(45,46)37-23-19-33(20-24-37)49-31-15-17-32(18-16-31)50-34-21-25-38(26-22-34)54(47,48)42-14-4-2-12-40(42)52-36-10-6-8-30(44)28-36/h1-28H. The molecule has 0 heterocycles. The van der Waals surface area contributed by atoms with Crippen LogP contribution in [-0.4, -0.2) is 16.8 Å². The lowest BCUT2D eigenvalue weighted by molar-refractivity contribution is 0.466. The molecule has 0 aliphatic heterocycles. The molecule has 0 spiro atoms. The van der Waals surface area contributed by atoms with Crippen LogP contribution in [0, 0.1) is 0 Å². The van der Waals surface area contributed by atoms with Gasteiger partial charge in [-0.25, -0.2) is 16.8 Å². The van der Waals surface area contributed by atoms with E-state index < -0.39 is 19.7 Å². The van der Waals surface area contributed by atoms with E-state index in [1.54, 1.807) is 121 Å². The Balaban J connectivity index is 0.994. The average molecular weight is 885 g/mol. The molecule has 0 aliphatic carbocycles. The van der Waals surface area contributed by atoms with Crippen LogP contribution in [0.5, 0.6) is 46.0 Å². The Labute approximate surface area is 329 Å². The smallest absolute Gasteiger partial charge is 0.210 e. The SMILES string of the molecule is O=S(=O)(c1ccc(Oc2ccc(Oc3ccc(S(=O)(=O)c4ccccc4Oc4cccc(Br)c4)cc3)cc2)cc1)c1ccccc1Oc1cccc(Br)c1. The zero-order valence-electron chi connectivity index (χ0n) is 28.0. The molecule has 0 aliphatic rings. The van der Waals surface area contributed by atoms with Crippen LogP contribution in [0.15, 0.2) is 198 Å². The van der Waals surface area contributed by atoms with Gasteiger partial charge in [-0.2, -0.15) is 0 Å². The Kier molecular flexibility index (Phi) is 10.9. The van der Waals surface area contributed by atoms with E-state index in [9.17, 15) is 16.8 Å². The van der Waals surface area contributed by atoms with E-state index in [4.69, 9.17) is 18.9 Å². The first-order valence-corrected chi connectivity index (χ1v) is 20.8. The Bertz CT molecular complexity index is 2460. The second kappa shape index (κ2) is 15.9. The number of ether oxygens (including phenoxy) is 4. The van der Waals surface area contributed by atoms with Crippen LogP contribution in [0.4, 0.5) is 0 Å². The molecule has 7 aromatic carbocycles. The molecule has 0 fully saturated rings. The van der Waals surface area contributed by atoms with Gasteiger partial charge in [0.1, 0.15) is 55.8 Å². The minimum Gasteiger partial charge on any atom is -0.457 e. The molecule has 270 valence electrons. The van der Waals surface area contributed by atoms with Gasteiger partial charge in [-0.3, -0.25) is 0 Å². The molecule has 0 saturated carbocycles. The molecule has 54 heavy (non-hydrogen) atoms. The number of benzene rings is 7. The van der Waals surface area contributed by atoms with E-state index in [2.05, 4.69) is 31.9 Å². The van der Waals surface area contributed by atoms with Gasteiger partial charge in [0.2, 0.25) is 19.7 Å². The summed E-state index contributed by atoms with van der Waals surface area (Å²) in [5.74, 6) is 3.28. The van der Waals surface area contributed by atoms with Crippen molar-refractivity contribution in [3.63, 3.8) is 0 Å². The molecule has 8 nitrogen and oxygen atoms in total. The molecule has 0 N–H and O–H groups in total. The molecular formula is C42H28Br2O8S2. The van der Waals surface area contributed by atoms with Crippen LogP contribution in [0.3, 0.4) is 0 Å². The predicted octanol–water partition coefficient (Wildman–Crippen LogP) is 12.0. The highest BCUT2D eigenvalue weighted by Crippen LogP contribution is 2.36. The number of para-hydroxylation sites is 2. The second-order valence-electron chi connectivity index (χ2n) is 11.6. The summed E-state index contributed by atoms with van der Waals surface area (Å²) in [6, 6.07) is 46.3. The third-order valence-corrected chi connectivity index (χ3v) is 12.5. The molecule has 0 amide bonds. The maximum absolute atomic E-state index is 13.6. The molecular weight excluding hydrogens is 856 g/mol. The highest BCUT2D eigenvalue weighted by atomic mass is 79.9. The van der Waals surface area contributed by atoms with Crippen LogP contribution in [0.2, 0.25) is 0 Å². The van der Waals surface area contributed by atoms with E-state index in [1.807, 2.05) is 12.1 Å². The van der Waals surface area contributed by atoms with Gasteiger partial charge in [-0.05, 0) is 133 Å². The summed E-state index contributed by atoms with van der Waals surface area (Å²) in [5, 5.41) is 0. The molecule has 0 aromatic heterocycles. The van der Waals surface area contributed by atoms with Crippen molar-refractivity contribution in [3.05, 3.63) is 179 Å². The lowest BCUT2D eigenvalue weighted by Crippen LogP contribution is -2.04. The maximum Gasteiger partial charge on any atom is 0.210 e. The van der Waals surface area contributed by atoms with Crippen molar-refractivity contribution in [2.75, 3.05) is 0 Å². The second-order valence-corrected chi connectivity index (χ2v) is 17.3. The lowest BCUT2D eigenvalue weighted by atomic mass is 10.3. The summed E-state index contributed by atoms with van der Waals surface area (Å²) in [7, 11) is -7.83. The molecule has 7 rings (SSSR count). The van der Waals surface area contributed by atoms with Gasteiger partial charge < -0.3 is 18.9 Å². The van der Waals surface area contributed by atoms with E-state index in [-0.39, 0.29) is 31.1 Å². The van der Waals surface area contributed by atoms with Crippen LogP contribution in [-0.2, 0) is 19.7 Å². The van der Waals surface area contributed by atoms with Gasteiger partial charge in [0.15, 0.2) is 0 Å². The summed E-state index contributed by atoms with van der Waals surface area (Å²) in [6.45, 7) is 0. The number of hydrogen-bond donors (Lipinski definition) is 0. The van der Waals surface area contributed by atoms with Crippen molar-refractivity contribution in [1.29, 1.82) is 0 Å². The van der Waals surface area contributed by atoms with Gasteiger partial charge in [0.25, 0.3) is 0 Å². The van der Waals surface area contributed by atoms with Crippen molar-refractivity contribution in [2.45, 2.75) is 19.6 Å². The number of halogens is 2. The molecule has 0 unspecified atom stereocenters. The average Bonchev–Trinajstić information content (AvgIpc) is 3.16. The van der Waals surface area contributed by atoms with Crippen LogP contribution < -0.4 is 18.9 Å². The van der Waals surface area contributed by atoms with Crippen LogP contribution in [0.25, 0.3) is 0 Å². The first kappa shape index (κ1) is 36.9. The fraction of sp³-hybridized carbons (Fsp3) is 0. The van der Waals surface area contributed by atoms with Gasteiger partial charge in [-0.1, -0.05) is 68.3 Å². The van der Waals surface area contributed by atoms with Gasteiger partial charge in [-0.15, -0.1) is 0 Å². The third kappa shape index (κ3) is 8.53. The van der Waals surface area contributed by atoms with Gasteiger partial charge in [0, 0.05) is 8.95 Å². The Morgan fingerprint density at radius 1 is 0.333 bits per heavy atom. The first-order valence-electron chi connectivity index (χ1n) is 16.3. The van der Waals surface area contributed by atoms with Gasteiger partial charge in [0.05, 0.1) is 9.79 Å². The minimum absolute atomic E-state index is 0.0397. The highest BCUT2D eigenvalue weighted by Gasteiger charge is 2.24. The normalized spacial score (nSPS) is 11.4. The van der Waals surface area contributed by atoms with E-state index >= 15 is 0 Å². The number of rotatable bonds is 12. The Hall–Kier alpha value is -5.40. The summed E-state index contributed by atoms with van der Waals surface area (Å²) in [4.78, 5) is 0.248. The molecule has 0 atom stereocenters. The van der Waals surface area contributed by atoms with Crippen molar-refractivity contribution in [1.82, 2.24) is 0 Å². The monoisotopic (exact) mass is 882 g/mol. The van der Waals surface area contributed by atoms with Crippen molar-refractivity contribution in [3.8, 4) is 46.0 Å². The molecule has 12 heteroatoms. The van der Waals surface area contributed by atoms with Crippen molar-refractivity contribution < 1.29 is 35.8 Å². The maximum atomic E-state index is 13.6. The number of hydrogen-bond acceptors (Lipinski definition) is 8. The van der Waals surface area contributed by atoms with Crippen LogP contribution in [0.1, 0.15) is 0 Å². The van der Waals surface area contributed by atoms with Crippen LogP contribution >= 0.6 is 31.9 Å². The Morgan fingerprint density at radius 2 is 0.667 bits per heavy atom. The lowest BCUT2D eigenvalue weighted by Gasteiger charge is -2.13. The van der Waals surface area contributed by atoms with E-state index in [0.717, 1.165) is 8.95 Å². The molecule has 0 bridgehead atoms. The predicted molar refractivity (Wildman–Crippen MR) is 212 cm³/mol. The summed E-state index contributed by atoms with van der Waals surface area (Å²) in [5.41, 5.74) is 0. The highest BCUT2D eigenvalue weighted by molar-refractivity contribution is 9.10. The topological polar surface area (TPSA) is 105 Å². The van der Waals surface area contributed by atoms with Gasteiger partial charge >= 0.3 is 0 Å². The quantitative estimate of drug-likeness (QED) is 0.119. The third-order valence-electron chi connectivity index (χ3n) is 7.89. The van der Waals surface area contributed by atoms with E-state index in [0.29, 0.717) is 34.5 Å². The molecule has 0 saturated heterocycles. The Morgan fingerprint density at radius 3 is 1.02 bits per heavy atom.